The minimum Gasteiger partial charge on any atom is -0.385 e. The fourth-order valence-electron chi connectivity index (χ4n) is 2.15. The molecule has 0 aliphatic rings. The van der Waals surface area contributed by atoms with Gasteiger partial charge < -0.3 is 5.73 Å². The molecule has 3 nitrogen and oxygen atoms in total. The van der Waals surface area contributed by atoms with Gasteiger partial charge >= 0.3 is 0 Å². The van der Waals surface area contributed by atoms with Crippen molar-refractivity contribution in [1.29, 1.82) is 0 Å². The van der Waals surface area contributed by atoms with Gasteiger partial charge in [0.15, 0.2) is 0 Å². The van der Waals surface area contributed by atoms with Crippen molar-refractivity contribution >= 4 is 11.3 Å². The Balaban J connectivity index is 2.02. The monoisotopic (exact) mass is 237 g/mol. The van der Waals surface area contributed by atoms with Crippen molar-refractivity contribution in [3.05, 3.63) is 65.6 Å². The van der Waals surface area contributed by atoms with E-state index < -0.39 is 0 Å². The number of nitrogen functional groups attached to an aromatic ring is 1. The fraction of sp³-hybridized carbons (Fsp3) is 0.133. The van der Waals surface area contributed by atoms with Crippen LogP contribution in [0.4, 0.5) is 5.82 Å². The van der Waals surface area contributed by atoms with E-state index in [9.17, 15) is 0 Å². The van der Waals surface area contributed by atoms with Gasteiger partial charge in [0.1, 0.15) is 11.6 Å². The van der Waals surface area contributed by atoms with E-state index in [2.05, 4.69) is 36.2 Å². The molecule has 0 bridgehead atoms. The largest absolute Gasteiger partial charge is 0.385 e. The molecule has 0 aliphatic heterocycles. The van der Waals surface area contributed by atoms with E-state index >= 15 is 0 Å². The molecule has 0 aliphatic carbocycles. The van der Waals surface area contributed by atoms with E-state index in [0.717, 1.165) is 23.6 Å². The van der Waals surface area contributed by atoms with Crippen LogP contribution in [0.2, 0.25) is 0 Å². The molecule has 0 radical (unpaired) electrons. The number of nitrogens with zero attached hydrogens (tertiary/aromatic N) is 2. The first-order chi connectivity index (χ1) is 8.74. The second-order valence-corrected chi connectivity index (χ2v) is 4.55. The normalized spacial score (nSPS) is 10.9. The van der Waals surface area contributed by atoms with E-state index in [0.29, 0.717) is 0 Å². The fourth-order valence-corrected chi connectivity index (χ4v) is 2.15. The second-order valence-electron chi connectivity index (χ2n) is 4.55. The van der Waals surface area contributed by atoms with Crippen LogP contribution in [-0.2, 0) is 6.42 Å². The Hall–Kier alpha value is -2.29. The molecule has 0 saturated heterocycles. The van der Waals surface area contributed by atoms with Crippen LogP contribution in [0.15, 0.2) is 48.7 Å². The second kappa shape index (κ2) is 4.18. The Morgan fingerprint density at radius 2 is 1.89 bits per heavy atom. The minimum atomic E-state index is 0.729. The standard InChI is InChI=1S/C15H15N3/c1-11-5-7-12(8-6-11)9-15-17-10-13-3-2-4-14(16)18(13)15/h2-8,10H,9,16H2,1H3. The molecule has 1 aromatic carbocycles. The molecule has 0 amide bonds. The number of pyridine rings is 1. The molecule has 3 rings (SSSR count). The molecule has 18 heavy (non-hydrogen) atoms. The lowest BCUT2D eigenvalue weighted by atomic mass is 10.1. The summed E-state index contributed by atoms with van der Waals surface area (Å²) in [5.74, 6) is 1.71. The first-order valence-electron chi connectivity index (χ1n) is 6.00. The van der Waals surface area contributed by atoms with Crippen LogP contribution in [0, 0.1) is 6.92 Å². The summed E-state index contributed by atoms with van der Waals surface area (Å²) in [5.41, 5.74) is 9.56. The van der Waals surface area contributed by atoms with Crippen molar-refractivity contribution in [1.82, 2.24) is 9.38 Å². The van der Waals surface area contributed by atoms with E-state index in [1.807, 2.05) is 28.8 Å². The number of hydrogen-bond acceptors (Lipinski definition) is 2. The lowest BCUT2D eigenvalue weighted by Gasteiger charge is -2.05. The topological polar surface area (TPSA) is 43.3 Å². The molecule has 0 atom stereocenters. The van der Waals surface area contributed by atoms with Gasteiger partial charge in [0.25, 0.3) is 0 Å². The highest BCUT2D eigenvalue weighted by Crippen LogP contribution is 2.16. The number of aryl methyl sites for hydroxylation is 1. The molecule has 0 saturated carbocycles. The predicted octanol–water partition coefficient (Wildman–Crippen LogP) is 2.82. The minimum absolute atomic E-state index is 0.729. The Kier molecular flexibility index (Phi) is 2.52. The Bertz CT molecular complexity index is 681. The van der Waals surface area contributed by atoms with E-state index in [1.165, 1.54) is 11.1 Å². The number of benzene rings is 1. The van der Waals surface area contributed by atoms with Crippen molar-refractivity contribution in [3.63, 3.8) is 0 Å². The third kappa shape index (κ3) is 1.84. The number of rotatable bonds is 2. The Labute approximate surface area is 106 Å². The number of fused-ring (bicyclic) bond motifs is 1. The zero-order valence-corrected chi connectivity index (χ0v) is 10.3. The van der Waals surface area contributed by atoms with Crippen LogP contribution in [0.3, 0.4) is 0 Å². The van der Waals surface area contributed by atoms with Gasteiger partial charge in [-0.1, -0.05) is 35.9 Å². The molecule has 0 unspecified atom stereocenters. The summed E-state index contributed by atoms with van der Waals surface area (Å²) in [4.78, 5) is 4.46. The van der Waals surface area contributed by atoms with Crippen LogP contribution in [0.1, 0.15) is 17.0 Å². The smallest absolute Gasteiger partial charge is 0.119 e. The van der Waals surface area contributed by atoms with Crippen LogP contribution >= 0.6 is 0 Å². The highest BCUT2D eigenvalue weighted by molar-refractivity contribution is 5.53. The maximum Gasteiger partial charge on any atom is 0.119 e. The number of nitrogens with two attached hydrogens (primary N) is 1. The van der Waals surface area contributed by atoms with E-state index in [1.54, 1.807) is 0 Å². The van der Waals surface area contributed by atoms with Crippen molar-refractivity contribution in [3.8, 4) is 0 Å². The summed E-state index contributed by atoms with van der Waals surface area (Å²) < 4.78 is 2.00. The van der Waals surface area contributed by atoms with Crippen molar-refractivity contribution in [2.24, 2.45) is 0 Å². The van der Waals surface area contributed by atoms with Crippen molar-refractivity contribution in [2.45, 2.75) is 13.3 Å². The van der Waals surface area contributed by atoms with Crippen LogP contribution in [0.25, 0.3) is 5.52 Å². The maximum absolute atomic E-state index is 6.00. The predicted molar refractivity (Wildman–Crippen MR) is 73.6 cm³/mol. The molecule has 2 N–H and O–H groups in total. The maximum atomic E-state index is 6.00. The summed E-state index contributed by atoms with van der Waals surface area (Å²) >= 11 is 0. The first kappa shape index (κ1) is 10.8. The molecule has 0 fully saturated rings. The highest BCUT2D eigenvalue weighted by atomic mass is 15.1. The molecule has 2 heterocycles. The van der Waals surface area contributed by atoms with Crippen molar-refractivity contribution in [2.75, 3.05) is 5.73 Å². The first-order valence-corrected chi connectivity index (χ1v) is 6.00. The lowest BCUT2D eigenvalue weighted by Crippen LogP contribution is -2.01. The van der Waals surface area contributed by atoms with Gasteiger partial charge in [-0.25, -0.2) is 4.98 Å². The third-order valence-corrected chi connectivity index (χ3v) is 3.14. The highest BCUT2D eigenvalue weighted by Gasteiger charge is 2.06. The zero-order chi connectivity index (χ0) is 12.5. The van der Waals surface area contributed by atoms with E-state index in [4.69, 9.17) is 5.73 Å². The van der Waals surface area contributed by atoms with Crippen molar-refractivity contribution < 1.29 is 0 Å². The molecular weight excluding hydrogens is 222 g/mol. The number of anilines is 1. The number of aromatic nitrogens is 2. The van der Waals surface area contributed by atoms with Crippen LogP contribution in [-0.4, -0.2) is 9.38 Å². The van der Waals surface area contributed by atoms with Gasteiger partial charge in [0, 0.05) is 6.42 Å². The van der Waals surface area contributed by atoms with Gasteiger partial charge in [-0.15, -0.1) is 0 Å². The summed E-state index contributed by atoms with van der Waals surface area (Å²) in [6.07, 6.45) is 2.66. The van der Waals surface area contributed by atoms with Gasteiger partial charge in [-0.05, 0) is 24.6 Å². The quantitative estimate of drug-likeness (QED) is 0.744. The number of hydrogen-bond donors (Lipinski definition) is 1. The summed E-state index contributed by atoms with van der Waals surface area (Å²) in [6.45, 7) is 2.09. The van der Waals surface area contributed by atoms with Crippen LogP contribution in [0.5, 0.6) is 0 Å². The third-order valence-electron chi connectivity index (χ3n) is 3.14. The van der Waals surface area contributed by atoms with Gasteiger partial charge in [-0.3, -0.25) is 4.40 Å². The lowest BCUT2D eigenvalue weighted by molar-refractivity contribution is 0.968. The van der Waals surface area contributed by atoms with E-state index in [-0.39, 0.29) is 0 Å². The van der Waals surface area contributed by atoms with Gasteiger partial charge in [-0.2, -0.15) is 0 Å². The van der Waals surface area contributed by atoms with Gasteiger partial charge in [0.05, 0.1) is 11.7 Å². The Morgan fingerprint density at radius 1 is 1.11 bits per heavy atom. The zero-order valence-electron chi connectivity index (χ0n) is 10.3. The summed E-state index contributed by atoms with van der Waals surface area (Å²) in [6, 6.07) is 14.4. The SMILES string of the molecule is Cc1ccc(Cc2ncc3cccc(N)n23)cc1. The number of imidazole rings is 1. The summed E-state index contributed by atoms with van der Waals surface area (Å²) in [7, 11) is 0. The Morgan fingerprint density at radius 3 is 2.67 bits per heavy atom. The average Bonchev–Trinajstić information content (AvgIpc) is 2.77. The summed E-state index contributed by atoms with van der Waals surface area (Å²) in [5, 5.41) is 0. The molecule has 3 aromatic rings. The molecular formula is C15H15N3. The van der Waals surface area contributed by atoms with Crippen LogP contribution < -0.4 is 5.73 Å². The molecule has 0 spiro atoms. The molecule has 90 valence electrons. The van der Waals surface area contributed by atoms with Gasteiger partial charge in [0.2, 0.25) is 0 Å². The molecule has 2 aromatic heterocycles. The molecule has 3 heteroatoms. The average molecular weight is 237 g/mol.